The van der Waals surface area contributed by atoms with Crippen LogP contribution in [0.15, 0.2) is 22.1 Å². The maximum absolute atomic E-state index is 11.7. The largest absolute Gasteiger partial charge is 0.433 e. The number of furan rings is 1. The van der Waals surface area contributed by atoms with Crippen LogP contribution in [0.4, 0.5) is 5.88 Å². The Morgan fingerprint density at radius 3 is 2.95 bits per heavy atom. The Morgan fingerprint density at radius 2 is 2.38 bits per heavy atom. The Bertz CT molecular complexity index is 571. The molecule has 8 heteroatoms. The predicted molar refractivity (Wildman–Crippen MR) is 73.1 cm³/mol. The highest BCUT2D eigenvalue weighted by molar-refractivity contribution is 6.01. The Morgan fingerprint density at radius 1 is 1.62 bits per heavy atom. The summed E-state index contributed by atoms with van der Waals surface area (Å²) in [5.74, 6) is -0.938. The van der Waals surface area contributed by atoms with Crippen LogP contribution < -0.4 is 5.32 Å². The summed E-state index contributed by atoms with van der Waals surface area (Å²) in [6.45, 7) is 3.37. The van der Waals surface area contributed by atoms with E-state index in [0.717, 1.165) is 12.1 Å². The van der Waals surface area contributed by atoms with Gasteiger partial charge in [0.1, 0.15) is 22.3 Å². The van der Waals surface area contributed by atoms with Gasteiger partial charge in [0.15, 0.2) is 0 Å². The number of carbonyl (C=O) groups is 1. The number of ether oxygens (including phenoxy) is 1. The number of carbonyl (C=O) groups excluding carboxylic acids is 1. The molecule has 1 heterocycles. The summed E-state index contributed by atoms with van der Waals surface area (Å²) in [6.07, 6.45) is 1.79. The Labute approximate surface area is 121 Å². The van der Waals surface area contributed by atoms with Crippen LogP contribution in [0.5, 0.6) is 0 Å². The van der Waals surface area contributed by atoms with Gasteiger partial charge < -0.3 is 14.5 Å². The molecule has 1 N–H and O–H groups in total. The highest BCUT2D eigenvalue weighted by atomic mass is 16.6. The average molecular weight is 293 g/mol. The van der Waals surface area contributed by atoms with Crippen LogP contribution in [0.2, 0.25) is 0 Å². The lowest BCUT2D eigenvalue weighted by Gasteiger charge is -2.03. The summed E-state index contributed by atoms with van der Waals surface area (Å²) in [5.41, 5.74) is -0.185. The summed E-state index contributed by atoms with van der Waals surface area (Å²) < 4.78 is 9.97. The van der Waals surface area contributed by atoms with Crippen LogP contribution in [0.3, 0.4) is 0 Å². The van der Waals surface area contributed by atoms with Gasteiger partial charge in [0, 0.05) is 25.8 Å². The van der Waals surface area contributed by atoms with Crippen LogP contribution in [-0.4, -0.2) is 30.6 Å². The first-order valence-electron chi connectivity index (χ1n) is 6.30. The SMILES string of the molecule is CCOCCCNC(=O)/C(C#N)=C/c1ccc([N+](=O)[O-])o1. The van der Waals surface area contributed by atoms with Crippen molar-refractivity contribution in [2.45, 2.75) is 13.3 Å². The van der Waals surface area contributed by atoms with E-state index in [4.69, 9.17) is 14.4 Å². The fraction of sp³-hybridized carbons (Fsp3) is 0.385. The first-order valence-corrected chi connectivity index (χ1v) is 6.30. The summed E-state index contributed by atoms with van der Waals surface area (Å²) in [6, 6.07) is 4.20. The molecule has 21 heavy (non-hydrogen) atoms. The lowest BCUT2D eigenvalue weighted by molar-refractivity contribution is -0.402. The van der Waals surface area contributed by atoms with Crippen LogP contribution in [0, 0.1) is 21.4 Å². The zero-order chi connectivity index (χ0) is 15.7. The molecule has 0 spiro atoms. The van der Waals surface area contributed by atoms with E-state index in [-0.39, 0.29) is 11.3 Å². The molecule has 0 atom stereocenters. The number of nitrogens with one attached hydrogen (secondary N) is 1. The lowest BCUT2D eigenvalue weighted by atomic mass is 10.2. The van der Waals surface area contributed by atoms with E-state index in [0.29, 0.717) is 26.2 Å². The van der Waals surface area contributed by atoms with Crippen LogP contribution >= 0.6 is 0 Å². The van der Waals surface area contributed by atoms with Gasteiger partial charge in [-0.25, -0.2) is 0 Å². The van der Waals surface area contributed by atoms with Crippen molar-refractivity contribution in [3.63, 3.8) is 0 Å². The van der Waals surface area contributed by atoms with E-state index < -0.39 is 16.7 Å². The molecule has 0 aliphatic heterocycles. The molecule has 1 aromatic rings. The molecule has 112 valence electrons. The Kier molecular flexibility index (Phi) is 6.63. The second-order valence-corrected chi connectivity index (χ2v) is 3.91. The van der Waals surface area contributed by atoms with Crippen molar-refractivity contribution < 1.29 is 18.9 Å². The molecule has 0 fully saturated rings. The fourth-order valence-corrected chi connectivity index (χ4v) is 1.42. The molecular formula is C13H15N3O5. The first kappa shape index (κ1) is 16.4. The minimum absolute atomic E-state index is 0.0720. The Hall–Kier alpha value is -2.66. The van der Waals surface area contributed by atoms with E-state index in [1.807, 2.05) is 6.92 Å². The molecule has 0 bridgehead atoms. The summed E-state index contributed by atoms with van der Waals surface area (Å²) >= 11 is 0. The van der Waals surface area contributed by atoms with Gasteiger partial charge in [-0.15, -0.1) is 0 Å². The molecular weight excluding hydrogens is 278 g/mol. The second-order valence-electron chi connectivity index (χ2n) is 3.91. The zero-order valence-corrected chi connectivity index (χ0v) is 11.5. The van der Waals surface area contributed by atoms with Gasteiger partial charge in [0.05, 0.1) is 6.07 Å². The van der Waals surface area contributed by atoms with Gasteiger partial charge in [-0.05, 0) is 19.4 Å². The first-order chi connectivity index (χ1) is 10.1. The molecule has 0 saturated heterocycles. The van der Waals surface area contributed by atoms with Crippen molar-refractivity contribution in [1.29, 1.82) is 5.26 Å². The average Bonchev–Trinajstić information content (AvgIpc) is 2.93. The quantitative estimate of drug-likeness (QED) is 0.256. The molecule has 1 amide bonds. The maximum Gasteiger partial charge on any atom is 0.433 e. The maximum atomic E-state index is 11.7. The van der Waals surface area contributed by atoms with Crippen molar-refractivity contribution >= 4 is 17.9 Å². The van der Waals surface area contributed by atoms with E-state index in [2.05, 4.69) is 5.32 Å². The van der Waals surface area contributed by atoms with Crippen LogP contribution in [0.25, 0.3) is 6.08 Å². The highest BCUT2D eigenvalue weighted by Crippen LogP contribution is 2.17. The number of nitriles is 1. The van der Waals surface area contributed by atoms with Crippen molar-refractivity contribution in [2.75, 3.05) is 19.8 Å². The van der Waals surface area contributed by atoms with E-state index in [1.54, 1.807) is 6.07 Å². The number of rotatable bonds is 8. The topological polar surface area (TPSA) is 118 Å². The van der Waals surface area contributed by atoms with Crippen molar-refractivity contribution in [3.8, 4) is 6.07 Å². The monoisotopic (exact) mass is 293 g/mol. The second kappa shape index (κ2) is 8.50. The normalized spacial score (nSPS) is 11.0. The van der Waals surface area contributed by atoms with Crippen molar-refractivity contribution in [2.24, 2.45) is 0 Å². The summed E-state index contributed by atoms with van der Waals surface area (Å²) in [7, 11) is 0. The van der Waals surface area contributed by atoms with Gasteiger partial charge in [-0.3, -0.25) is 14.9 Å². The predicted octanol–water partition coefficient (Wildman–Crippen LogP) is 1.64. The minimum atomic E-state index is -0.697. The van der Waals surface area contributed by atoms with E-state index >= 15 is 0 Å². The number of hydrogen-bond donors (Lipinski definition) is 1. The summed E-state index contributed by atoms with van der Waals surface area (Å²) in [5, 5.41) is 22.0. The van der Waals surface area contributed by atoms with Crippen LogP contribution in [0.1, 0.15) is 19.1 Å². The van der Waals surface area contributed by atoms with Crippen molar-refractivity contribution in [1.82, 2.24) is 5.32 Å². The van der Waals surface area contributed by atoms with Gasteiger partial charge in [-0.1, -0.05) is 0 Å². The number of nitrogens with zero attached hydrogens (tertiary/aromatic N) is 2. The third-order valence-corrected chi connectivity index (χ3v) is 2.40. The zero-order valence-electron chi connectivity index (χ0n) is 11.5. The molecule has 0 aliphatic carbocycles. The fourth-order valence-electron chi connectivity index (χ4n) is 1.42. The van der Waals surface area contributed by atoms with Crippen LogP contribution in [-0.2, 0) is 9.53 Å². The van der Waals surface area contributed by atoms with E-state index in [9.17, 15) is 14.9 Å². The molecule has 1 aromatic heterocycles. The third-order valence-electron chi connectivity index (χ3n) is 2.40. The lowest BCUT2D eigenvalue weighted by Crippen LogP contribution is -2.26. The molecule has 0 radical (unpaired) electrons. The number of amides is 1. The highest BCUT2D eigenvalue weighted by Gasteiger charge is 2.13. The number of nitro groups is 1. The molecule has 0 aliphatic rings. The summed E-state index contributed by atoms with van der Waals surface area (Å²) in [4.78, 5) is 21.5. The number of hydrogen-bond acceptors (Lipinski definition) is 6. The molecule has 0 unspecified atom stereocenters. The molecule has 0 saturated carbocycles. The Balaban J connectivity index is 2.60. The smallest absolute Gasteiger partial charge is 0.401 e. The third kappa shape index (κ3) is 5.46. The molecule has 8 nitrogen and oxygen atoms in total. The van der Waals surface area contributed by atoms with E-state index in [1.165, 1.54) is 6.07 Å². The minimum Gasteiger partial charge on any atom is -0.401 e. The van der Waals surface area contributed by atoms with Gasteiger partial charge >= 0.3 is 5.88 Å². The van der Waals surface area contributed by atoms with Gasteiger partial charge in [0.2, 0.25) is 0 Å². The van der Waals surface area contributed by atoms with Gasteiger partial charge in [-0.2, -0.15) is 5.26 Å². The molecule has 1 rings (SSSR count). The van der Waals surface area contributed by atoms with Crippen molar-refractivity contribution in [3.05, 3.63) is 33.6 Å². The standard InChI is InChI=1S/C13H15N3O5/c1-2-20-7-3-6-15-13(17)10(9-14)8-11-4-5-12(21-11)16(18)19/h4-5,8H,2-3,6-7H2,1H3,(H,15,17)/b10-8+. The molecule has 0 aromatic carbocycles. The van der Waals surface area contributed by atoms with Gasteiger partial charge in [0.25, 0.3) is 5.91 Å².